The minimum atomic E-state index is -0.470. The number of aromatic nitrogens is 3. The third-order valence-electron chi connectivity index (χ3n) is 4.16. The van der Waals surface area contributed by atoms with E-state index in [1.807, 2.05) is 30.3 Å². The van der Waals surface area contributed by atoms with E-state index in [1.54, 1.807) is 23.9 Å². The van der Waals surface area contributed by atoms with Gasteiger partial charge in [0.05, 0.1) is 5.69 Å². The predicted molar refractivity (Wildman–Crippen MR) is 113 cm³/mol. The van der Waals surface area contributed by atoms with Crippen molar-refractivity contribution in [3.8, 4) is 17.1 Å². The van der Waals surface area contributed by atoms with Crippen molar-refractivity contribution in [1.29, 1.82) is 0 Å². The number of hydrogen-bond acceptors (Lipinski definition) is 8. The molecule has 0 fully saturated rings. The molecule has 0 bridgehead atoms. The maximum absolute atomic E-state index is 9.28. The van der Waals surface area contributed by atoms with Gasteiger partial charge < -0.3 is 10.1 Å². The third-order valence-corrected chi connectivity index (χ3v) is 5.74. The Kier molecular flexibility index (Phi) is 5.65. The molecular formula is C19H18BrN5O2S. The van der Waals surface area contributed by atoms with E-state index in [0.29, 0.717) is 22.4 Å². The van der Waals surface area contributed by atoms with Gasteiger partial charge in [-0.15, -0.1) is 10.2 Å². The Labute approximate surface area is 175 Å². The fraction of sp³-hybridized carbons (Fsp3) is 0.211. The number of fused-ring (bicyclic) bond motifs is 3. The fourth-order valence-corrected chi connectivity index (χ4v) is 3.71. The van der Waals surface area contributed by atoms with Gasteiger partial charge in [0.15, 0.2) is 11.9 Å². The average molecular weight is 460 g/mol. The Morgan fingerprint density at radius 2 is 2.04 bits per heavy atom. The van der Waals surface area contributed by atoms with Crippen molar-refractivity contribution in [2.24, 2.45) is 0 Å². The summed E-state index contributed by atoms with van der Waals surface area (Å²) in [7, 11) is 0. The van der Waals surface area contributed by atoms with Crippen LogP contribution in [0.5, 0.6) is 5.88 Å². The van der Waals surface area contributed by atoms with Crippen molar-refractivity contribution in [3.05, 3.63) is 52.5 Å². The SMILES string of the molecule is CCCSc1nnc2c(n1)OC(c1ccc(Br)cc1)Nc1cc(NO)ccc1-2. The van der Waals surface area contributed by atoms with Crippen LogP contribution in [0.25, 0.3) is 11.3 Å². The van der Waals surface area contributed by atoms with Gasteiger partial charge in [0.1, 0.15) is 0 Å². The van der Waals surface area contributed by atoms with Crippen LogP contribution in [-0.2, 0) is 0 Å². The number of anilines is 2. The van der Waals surface area contributed by atoms with E-state index in [1.165, 1.54) is 0 Å². The molecule has 1 aliphatic heterocycles. The summed E-state index contributed by atoms with van der Waals surface area (Å²) >= 11 is 5.01. The number of nitrogens with zero attached hydrogens (tertiary/aromatic N) is 3. The maximum atomic E-state index is 9.28. The van der Waals surface area contributed by atoms with Gasteiger partial charge in [-0.25, -0.2) is 0 Å². The van der Waals surface area contributed by atoms with Gasteiger partial charge in [-0.1, -0.05) is 46.7 Å². The average Bonchev–Trinajstić information content (AvgIpc) is 2.88. The molecule has 2 aromatic carbocycles. The number of benzene rings is 2. The van der Waals surface area contributed by atoms with Crippen LogP contribution >= 0.6 is 27.7 Å². The molecule has 0 radical (unpaired) electrons. The number of thioether (sulfide) groups is 1. The molecule has 9 heteroatoms. The predicted octanol–water partition coefficient (Wildman–Crippen LogP) is 5.11. The molecule has 28 heavy (non-hydrogen) atoms. The van der Waals surface area contributed by atoms with Crippen LogP contribution in [0.2, 0.25) is 0 Å². The zero-order valence-electron chi connectivity index (χ0n) is 15.0. The van der Waals surface area contributed by atoms with Crippen molar-refractivity contribution in [3.63, 3.8) is 0 Å². The minimum Gasteiger partial charge on any atom is -0.448 e. The smallest absolute Gasteiger partial charge is 0.247 e. The van der Waals surface area contributed by atoms with E-state index in [9.17, 15) is 5.21 Å². The molecule has 2 heterocycles. The molecule has 1 atom stereocenters. The van der Waals surface area contributed by atoms with Crippen molar-refractivity contribution in [2.45, 2.75) is 24.7 Å². The van der Waals surface area contributed by atoms with E-state index >= 15 is 0 Å². The van der Waals surface area contributed by atoms with Crippen molar-refractivity contribution in [1.82, 2.24) is 15.2 Å². The van der Waals surface area contributed by atoms with E-state index in [-0.39, 0.29) is 0 Å². The molecule has 0 saturated carbocycles. The van der Waals surface area contributed by atoms with E-state index in [4.69, 9.17) is 4.74 Å². The summed E-state index contributed by atoms with van der Waals surface area (Å²) in [6, 6.07) is 13.3. The molecule has 1 aliphatic rings. The first-order chi connectivity index (χ1) is 13.7. The standard InChI is InChI=1S/C19H18BrN5O2S/c1-2-9-28-19-22-18-16(23-24-19)14-8-7-13(25-26)10-15(14)21-17(27-18)11-3-5-12(20)6-4-11/h3-8,10,17,21,25-26H,2,9H2,1H3. The molecule has 4 rings (SSSR count). The molecule has 0 amide bonds. The Hall–Kier alpha value is -2.36. The number of rotatable bonds is 5. The second-order valence-corrected chi connectivity index (χ2v) is 8.14. The first-order valence-electron chi connectivity index (χ1n) is 8.78. The number of halogens is 1. The van der Waals surface area contributed by atoms with E-state index in [0.717, 1.165) is 33.5 Å². The maximum Gasteiger partial charge on any atom is 0.247 e. The molecule has 0 spiro atoms. The summed E-state index contributed by atoms with van der Waals surface area (Å²) in [5.41, 5.74) is 5.79. The highest BCUT2D eigenvalue weighted by atomic mass is 79.9. The van der Waals surface area contributed by atoms with Gasteiger partial charge in [-0.3, -0.25) is 10.7 Å². The molecule has 0 aliphatic carbocycles. The van der Waals surface area contributed by atoms with Gasteiger partial charge in [-0.2, -0.15) is 4.98 Å². The van der Waals surface area contributed by atoms with Gasteiger partial charge in [0.2, 0.25) is 11.0 Å². The summed E-state index contributed by atoms with van der Waals surface area (Å²) in [5.74, 6) is 1.34. The Bertz CT molecular complexity index is 987. The normalized spacial score (nSPS) is 14.9. The van der Waals surface area contributed by atoms with Crippen molar-refractivity contribution < 1.29 is 9.94 Å². The van der Waals surface area contributed by atoms with Crippen LogP contribution in [0.3, 0.4) is 0 Å². The van der Waals surface area contributed by atoms with Crippen molar-refractivity contribution in [2.75, 3.05) is 16.5 Å². The van der Waals surface area contributed by atoms with Crippen molar-refractivity contribution >= 4 is 39.1 Å². The molecule has 3 aromatic rings. The van der Waals surface area contributed by atoms with Gasteiger partial charge in [0.25, 0.3) is 0 Å². The number of ether oxygens (including phenoxy) is 1. The highest BCUT2D eigenvalue weighted by molar-refractivity contribution is 9.10. The molecule has 3 N–H and O–H groups in total. The zero-order chi connectivity index (χ0) is 19.5. The molecule has 1 unspecified atom stereocenters. The monoisotopic (exact) mass is 459 g/mol. The first kappa shape index (κ1) is 19.0. The summed E-state index contributed by atoms with van der Waals surface area (Å²) in [6.07, 6.45) is 0.553. The Morgan fingerprint density at radius 3 is 2.79 bits per heavy atom. The van der Waals surface area contributed by atoms with Crippen LogP contribution < -0.4 is 15.5 Å². The number of nitrogens with one attached hydrogen (secondary N) is 2. The highest BCUT2D eigenvalue weighted by Gasteiger charge is 2.26. The number of hydrogen-bond donors (Lipinski definition) is 3. The van der Waals surface area contributed by atoms with E-state index in [2.05, 4.69) is 48.8 Å². The van der Waals surface area contributed by atoms with Gasteiger partial charge >= 0.3 is 0 Å². The second-order valence-electron chi connectivity index (χ2n) is 6.16. The lowest BCUT2D eigenvalue weighted by Crippen LogP contribution is -2.17. The highest BCUT2D eigenvalue weighted by Crippen LogP contribution is 2.40. The molecule has 144 valence electrons. The second kappa shape index (κ2) is 8.34. The minimum absolute atomic E-state index is 0.428. The molecular weight excluding hydrogens is 442 g/mol. The largest absolute Gasteiger partial charge is 0.448 e. The summed E-state index contributed by atoms with van der Waals surface area (Å²) in [6.45, 7) is 2.11. The van der Waals surface area contributed by atoms with Crippen LogP contribution in [0.1, 0.15) is 25.1 Å². The lowest BCUT2D eigenvalue weighted by Gasteiger charge is -2.19. The fourth-order valence-electron chi connectivity index (χ4n) is 2.81. The molecule has 7 nitrogen and oxygen atoms in total. The quantitative estimate of drug-likeness (QED) is 0.358. The lowest BCUT2D eigenvalue weighted by atomic mass is 10.1. The summed E-state index contributed by atoms with van der Waals surface area (Å²) in [5, 5.41) is 21.9. The topological polar surface area (TPSA) is 92.2 Å². The van der Waals surface area contributed by atoms with Crippen LogP contribution in [0.4, 0.5) is 11.4 Å². The summed E-state index contributed by atoms with van der Waals surface area (Å²) in [4.78, 5) is 4.60. The lowest BCUT2D eigenvalue weighted by molar-refractivity contribution is 0.225. The van der Waals surface area contributed by atoms with E-state index < -0.39 is 6.23 Å². The van der Waals surface area contributed by atoms with Crippen LogP contribution in [0, 0.1) is 0 Å². The molecule has 1 aromatic heterocycles. The Balaban J connectivity index is 1.80. The third kappa shape index (κ3) is 3.91. The summed E-state index contributed by atoms with van der Waals surface area (Å²) < 4.78 is 7.21. The van der Waals surface area contributed by atoms with Crippen LogP contribution in [0.15, 0.2) is 52.1 Å². The Morgan fingerprint density at radius 1 is 1.21 bits per heavy atom. The van der Waals surface area contributed by atoms with Gasteiger partial charge in [-0.05, 0) is 36.8 Å². The molecule has 0 saturated heterocycles. The zero-order valence-corrected chi connectivity index (χ0v) is 17.4. The first-order valence-corrected chi connectivity index (χ1v) is 10.6. The van der Waals surface area contributed by atoms with Crippen LogP contribution in [-0.4, -0.2) is 26.1 Å². The van der Waals surface area contributed by atoms with Gasteiger partial charge in [0, 0.05) is 27.0 Å².